The number of rotatable bonds is 11. The molecule has 4 N–H and O–H groups in total. The summed E-state index contributed by atoms with van der Waals surface area (Å²) in [6.45, 7) is 2.15. The Kier molecular flexibility index (Phi) is 5.97. The van der Waals surface area contributed by atoms with Crippen LogP contribution in [0.4, 0.5) is 11.8 Å². The summed E-state index contributed by atoms with van der Waals surface area (Å²) in [6, 6.07) is 10.5. The predicted octanol–water partition coefficient (Wildman–Crippen LogP) is 3.27. The predicted molar refractivity (Wildman–Crippen MR) is 123 cm³/mol. The molecule has 0 radical (unpaired) electrons. The number of nitrogen functional groups attached to an aromatic ring is 2. The summed E-state index contributed by atoms with van der Waals surface area (Å²) in [5.41, 5.74) is 14.3. The summed E-state index contributed by atoms with van der Waals surface area (Å²) in [4.78, 5) is 12.7. The molecular weight excluding hydrogens is 404 g/mol. The number of aromatic nitrogens is 4. The van der Waals surface area contributed by atoms with Crippen molar-refractivity contribution in [2.75, 3.05) is 25.2 Å². The van der Waals surface area contributed by atoms with Crippen LogP contribution < -0.4 is 11.5 Å². The van der Waals surface area contributed by atoms with E-state index in [4.69, 9.17) is 20.9 Å². The first-order chi connectivity index (χ1) is 15.6. The number of nitrogens with zero attached hydrogens (tertiary/aromatic N) is 4. The Balaban J connectivity index is 1.21. The van der Waals surface area contributed by atoms with Gasteiger partial charge in [0.2, 0.25) is 5.95 Å². The second-order valence-electron chi connectivity index (χ2n) is 9.27. The van der Waals surface area contributed by atoms with Crippen LogP contribution in [0, 0.1) is 23.7 Å². The van der Waals surface area contributed by atoms with Gasteiger partial charge < -0.3 is 25.5 Å². The number of hydrogen-bond donors (Lipinski definition) is 2. The third-order valence-electron chi connectivity index (χ3n) is 6.88. The summed E-state index contributed by atoms with van der Waals surface area (Å²) in [6.07, 6.45) is 7.11. The highest BCUT2D eigenvalue weighted by atomic mass is 16.5. The zero-order valence-corrected chi connectivity index (χ0v) is 18.6. The monoisotopic (exact) mass is 436 g/mol. The summed E-state index contributed by atoms with van der Waals surface area (Å²) in [7, 11) is 1.76. The summed E-state index contributed by atoms with van der Waals surface area (Å²) in [5, 5.41) is 0. The van der Waals surface area contributed by atoms with Crippen LogP contribution in [0.2, 0.25) is 0 Å². The van der Waals surface area contributed by atoms with E-state index in [1.165, 1.54) is 18.4 Å². The Morgan fingerprint density at radius 3 is 2.72 bits per heavy atom. The van der Waals surface area contributed by atoms with Gasteiger partial charge in [-0.3, -0.25) is 0 Å². The van der Waals surface area contributed by atoms with Gasteiger partial charge in [0.05, 0.1) is 25.6 Å². The molecule has 32 heavy (non-hydrogen) atoms. The normalized spacial score (nSPS) is 23.5. The van der Waals surface area contributed by atoms with Gasteiger partial charge in [-0.15, -0.1) is 0 Å². The van der Waals surface area contributed by atoms with Crippen molar-refractivity contribution in [3.8, 4) is 0 Å². The van der Waals surface area contributed by atoms with Crippen molar-refractivity contribution in [2.45, 2.75) is 44.9 Å². The summed E-state index contributed by atoms with van der Waals surface area (Å²) < 4.78 is 13.9. The standard InChI is InChI=1S/C24H32N6O2/c1-31-12-16(11-30-14-27-20-22(25)28-24(26)29-23(20)30)7-10-18-19(17-8-9-17)21(18)32-13-15-5-3-2-4-6-15/h2-6,14,16-19,21H,7-13H2,1H3,(H4,25,26,28,29)/t16-,18?,19+,21?/m0/s1. The Labute approximate surface area is 188 Å². The molecule has 1 aromatic carbocycles. The fourth-order valence-electron chi connectivity index (χ4n) is 5.11. The lowest BCUT2D eigenvalue weighted by Crippen LogP contribution is -2.17. The lowest BCUT2D eigenvalue weighted by molar-refractivity contribution is 0.0831. The minimum absolute atomic E-state index is 0.170. The van der Waals surface area contributed by atoms with E-state index in [0.717, 1.165) is 31.2 Å². The zero-order chi connectivity index (χ0) is 22.1. The molecule has 2 aliphatic carbocycles. The van der Waals surface area contributed by atoms with Gasteiger partial charge in [0.15, 0.2) is 11.5 Å². The molecule has 2 aromatic heterocycles. The Morgan fingerprint density at radius 2 is 1.97 bits per heavy atom. The van der Waals surface area contributed by atoms with Crippen LogP contribution >= 0.6 is 0 Å². The number of imidazole rings is 1. The number of benzene rings is 1. The average Bonchev–Trinajstić information content (AvgIpc) is 3.69. The van der Waals surface area contributed by atoms with Gasteiger partial charge in [0, 0.05) is 19.6 Å². The first-order valence-corrected chi connectivity index (χ1v) is 11.5. The van der Waals surface area contributed by atoms with Gasteiger partial charge >= 0.3 is 0 Å². The zero-order valence-electron chi connectivity index (χ0n) is 18.6. The molecule has 2 aliphatic rings. The van der Waals surface area contributed by atoms with Crippen molar-refractivity contribution in [1.29, 1.82) is 0 Å². The van der Waals surface area contributed by atoms with Gasteiger partial charge in [0.1, 0.15) is 5.52 Å². The molecular formula is C24H32N6O2. The second kappa shape index (κ2) is 9.03. The molecule has 0 saturated heterocycles. The molecule has 8 heteroatoms. The van der Waals surface area contributed by atoms with Crippen LogP contribution in [-0.4, -0.2) is 39.3 Å². The van der Waals surface area contributed by atoms with Crippen molar-refractivity contribution in [2.24, 2.45) is 23.7 Å². The smallest absolute Gasteiger partial charge is 0.224 e. The van der Waals surface area contributed by atoms with Gasteiger partial charge in [-0.25, -0.2) is 4.98 Å². The molecule has 0 amide bonds. The van der Waals surface area contributed by atoms with Gasteiger partial charge in [-0.2, -0.15) is 9.97 Å². The molecule has 0 bridgehead atoms. The van der Waals surface area contributed by atoms with Crippen molar-refractivity contribution in [1.82, 2.24) is 19.5 Å². The van der Waals surface area contributed by atoms with Gasteiger partial charge in [-0.1, -0.05) is 30.3 Å². The van der Waals surface area contributed by atoms with Crippen LogP contribution in [0.25, 0.3) is 11.2 Å². The van der Waals surface area contributed by atoms with Crippen LogP contribution in [0.1, 0.15) is 31.2 Å². The van der Waals surface area contributed by atoms with Crippen molar-refractivity contribution >= 4 is 22.9 Å². The van der Waals surface area contributed by atoms with E-state index in [1.54, 1.807) is 13.4 Å². The van der Waals surface area contributed by atoms with Crippen LogP contribution in [0.3, 0.4) is 0 Å². The summed E-state index contributed by atoms with van der Waals surface area (Å²) >= 11 is 0. The molecule has 170 valence electrons. The number of hydrogen-bond acceptors (Lipinski definition) is 7. The molecule has 4 atom stereocenters. The lowest BCUT2D eigenvalue weighted by Gasteiger charge is -2.17. The third-order valence-corrected chi connectivity index (χ3v) is 6.88. The van der Waals surface area contributed by atoms with Crippen molar-refractivity contribution in [3.63, 3.8) is 0 Å². The number of nitrogens with two attached hydrogens (primary N) is 2. The number of methoxy groups -OCH3 is 1. The lowest BCUT2D eigenvalue weighted by atomic mass is 10.0. The van der Waals surface area contributed by atoms with E-state index in [2.05, 4.69) is 39.2 Å². The fourth-order valence-corrected chi connectivity index (χ4v) is 5.11. The second-order valence-corrected chi connectivity index (χ2v) is 9.27. The first-order valence-electron chi connectivity index (χ1n) is 11.5. The third kappa shape index (κ3) is 4.56. The highest BCUT2D eigenvalue weighted by Gasteiger charge is 2.57. The SMILES string of the molecule is COC[C@@H](CCC1C(OCc2ccccc2)[C@@H]1C1CC1)Cn1cnc2c(N)nc(N)nc21. The largest absolute Gasteiger partial charge is 0.384 e. The molecule has 3 aromatic rings. The maximum atomic E-state index is 6.36. The van der Waals surface area contributed by atoms with E-state index in [1.807, 2.05) is 10.6 Å². The van der Waals surface area contributed by atoms with E-state index in [0.29, 0.717) is 48.1 Å². The molecule has 2 saturated carbocycles. The van der Waals surface area contributed by atoms with Crippen molar-refractivity contribution < 1.29 is 9.47 Å². The first kappa shape index (κ1) is 21.2. The minimum atomic E-state index is 0.170. The topological polar surface area (TPSA) is 114 Å². The maximum Gasteiger partial charge on any atom is 0.224 e. The van der Waals surface area contributed by atoms with Crippen LogP contribution in [-0.2, 0) is 22.6 Å². The average molecular weight is 437 g/mol. The van der Waals surface area contributed by atoms with E-state index < -0.39 is 0 Å². The number of anilines is 2. The molecule has 8 nitrogen and oxygen atoms in total. The number of fused-ring (bicyclic) bond motifs is 1. The molecule has 5 rings (SSSR count). The summed E-state index contributed by atoms with van der Waals surface area (Å²) in [5.74, 6) is 3.08. The van der Waals surface area contributed by atoms with E-state index >= 15 is 0 Å². The van der Waals surface area contributed by atoms with E-state index in [-0.39, 0.29) is 5.95 Å². The Hall–Kier alpha value is -2.71. The molecule has 2 unspecified atom stereocenters. The molecule has 0 aliphatic heterocycles. The fraction of sp³-hybridized carbons (Fsp3) is 0.542. The van der Waals surface area contributed by atoms with E-state index in [9.17, 15) is 0 Å². The van der Waals surface area contributed by atoms with Crippen LogP contribution in [0.15, 0.2) is 36.7 Å². The Morgan fingerprint density at radius 1 is 1.16 bits per heavy atom. The number of ether oxygens (including phenoxy) is 2. The molecule has 2 heterocycles. The minimum Gasteiger partial charge on any atom is -0.384 e. The van der Waals surface area contributed by atoms with Gasteiger partial charge in [-0.05, 0) is 49.0 Å². The van der Waals surface area contributed by atoms with Crippen LogP contribution in [0.5, 0.6) is 0 Å². The Bertz CT molecular complexity index is 1050. The molecule has 0 spiro atoms. The highest BCUT2D eigenvalue weighted by Crippen LogP contribution is 2.58. The quantitative estimate of drug-likeness (QED) is 0.474. The highest BCUT2D eigenvalue weighted by molar-refractivity contribution is 5.82. The van der Waals surface area contributed by atoms with Gasteiger partial charge in [0.25, 0.3) is 0 Å². The molecule has 2 fully saturated rings. The van der Waals surface area contributed by atoms with Crippen molar-refractivity contribution in [3.05, 3.63) is 42.2 Å². The maximum absolute atomic E-state index is 6.36.